The van der Waals surface area contributed by atoms with Crippen LogP contribution in [-0.2, 0) is 4.74 Å². The zero-order valence-corrected chi connectivity index (χ0v) is 10.4. The molecule has 1 rings (SSSR count). The number of rotatable bonds is 4. The monoisotopic (exact) mass is 251 g/mol. The smallest absolute Gasteiger partial charge is 0.411 e. The number of nitrogen functional groups attached to an aromatic ring is 1. The summed E-state index contributed by atoms with van der Waals surface area (Å²) in [4.78, 5) is 22.8. The highest BCUT2D eigenvalue weighted by molar-refractivity contribution is 6.00. The quantitative estimate of drug-likeness (QED) is 0.708. The number of hydrogen-bond acceptors (Lipinski definition) is 4. The average Bonchev–Trinajstić information content (AvgIpc) is 2.29. The van der Waals surface area contributed by atoms with Gasteiger partial charge in [-0.1, -0.05) is 0 Å². The van der Waals surface area contributed by atoms with Crippen molar-refractivity contribution in [3.63, 3.8) is 0 Å². The van der Waals surface area contributed by atoms with Gasteiger partial charge in [0.05, 0.1) is 12.2 Å². The Balaban J connectivity index is 2.79. The molecule has 0 aromatic heterocycles. The van der Waals surface area contributed by atoms with Crippen molar-refractivity contribution < 1.29 is 14.3 Å². The summed E-state index contributed by atoms with van der Waals surface area (Å²) in [5.74, 6) is -0.238. The van der Waals surface area contributed by atoms with Crippen molar-refractivity contribution >= 4 is 23.4 Å². The van der Waals surface area contributed by atoms with Crippen LogP contribution in [0.5, 0.6) is 0 Å². The van der Waals surface area contributed by atoms with E-state index in [0.29, 0.717) is 23.5 Å². The molecule has 0 radical (unpaired) electrons. The van der Waals surface area contributed by atoms with Crippen LogP contribution in [0.15, 0.2) is 18.2 Å². The average molecular weight is 251 g/mol. The maximum atomic E-state index is 11.6. The third kappa shape index (κ3) is 3.65. The number of carbonyl (C=O) groups excluding carboxylic acids is 2. The number of ether oxygens (including phenoxy) is 1. The summed E-state index contributed by atoms with van der Waals surface area (Å²) in [5.41, 5.74) is 6.92. The van der Waals surface area contributed by atoms with Crippen LogP contribution >= 0.6 is 0 Å². The molecule has 2 amide bonds. The van der Waals surface area contributed by atoms with E-state index in [1.807, 2.05) is 6.92 Å². The van der Waals surface area contributed by atoms with Gasteiger partial charge in [0, 0.05) is 17.9 Å². The summed E-state index contributed by atoms with van der Waals surface area (Å²) in [6, 6.07) is 4.67. The van der Waals surface area contributed by atoms with E-state index in [1.165, 1.54) is 6.07 Å². The lowest BCUT2D eigenvalue weighted by Gasteiger charge is -2.09. The second-order valence-corrected chi connectivity index (χ2v) is 3.51. The minimum Gasteiger partial charge on any atom is -0.450 e. The summed E-state index contributed by atoms with van der Waals surface area (Å²) < 4.78 is 4.73. The molecule has 1 aromatic rings. The second-order valence-electron chi connectivity index (χ2n) is 3.51. The van der Waals surface area contributed by atoms with Gasteiger partial charge in [0.1, 0.15) is 0 Å². The fraction of sp³-hybridized carbons (Fsp3) is 0.333. The van der Waals surface area contributed by atoms with Crippen molar-refractivity contribution in [1.29, 1.82) is 0 Å². The van der Waals surface area contributed by atoms with Gasteiger partial charge in [-0.2, -0.15) is 0 Å². The highest BCUT2D eigenvalue weighted by Gasteiger charge is 2.10. The van der Waals surface area contributed by atoms with E-state index in [0.717, 1.165) is 0 Å². The highest BCUT2D eigenvalue weighted by Crippen LogP contribution is 2.18. The van der Waals surface area contributed by atoms with Crippen LogP contribution in [-0.4, -0.2) is 25.2 Å². The van der Waals surface area contributed by atoms with E-state index in [1.54, 1.807) is 19.1 Å². The first-order valence-corrected chi connectivity index (χ1v) is 5.70. The number of nitrogens with one attached hydrogen (secondary N) is 2. The topological polar surface area (TPSA) is 93.5 Å². The molecule has 0 atom stereocenters. The van der Waals surface area contributed by atoms with Crippen molar-refractivity contribution in [2.45, 2.75) is 13.8 Å². The highest BCUT2D eigenvalue weighted by atomic mass is 16.5. The Hall–Kier alpha value is -2.24. The Labute approximate surface area is 105 Å². The molecule has 4 N–H and O–H groups in total. The zero-order chi connectivity index (χ0) is 13.5. The predicted octanol–water partition coefficient (Wildman–Crippen LogP) is 1.59. The van der Waals surface area contributed by atoms with E-state index in [4.69, 9.17) is 10.5 Å². The van der Waals surface area contributed by atoms with Crippen molar-refractivity contribution in [2.24, 2.45) is 0 Å². The summed E-state index contributed by atoms with van der Waals surface area (Å²) in [7, 11) is 0. The lowest BCUT2D eigenvalue weighted by atomic mass is 10.1. The number of benzene rings is 1. The Morgan fingerprint density at radius 1 is 1.33 bits per heavy atom. The maximum Gasteiger partial charge on any atom is 0.411 e. The van der Waals surface area contributed by atoms with Crippen LogP contribution in [0.2, 0.25) is 0 Å². The number of anilines is 2. The third-order valence-corrected chi connectivity index (χ3v) is 2.16. The normalized spacial score (nSPS) is 9.67. The van der Waals surface area contributed by atoms with Gasteiger partial charge >= 0.3 is 6.09 Å². The van der Waals surface area contributed by atoms with Crippen LogP contribution in [0.3, 0.4) is 0 Å². The van der Waals surface area contributed by atoms with Gasteiger partial charge in [0.25, 0.3) is 5.91 Å². The standard InChI is InChI=1S/C12H17N3O3/c1-3-14-11(16)9-6-5-8(7-10(9)13)15-12(17)18-4-2/h5-7H,3-4,13H2,1-2H3,(H,14,16)(H,15,17). The van der Waals surface area contributed by atoms with Gasteiger partial charge in [-0.15, -0.1) is 0 Å². The number of amides is 2. The molecule has 0 heterocycles. The molecule has 1 aromatic carbocycles. The second kappa shape index (κ2) is 6.48. The molecular formula is C12H17N3O3. The van der Waals surface area contributed by atoms with Crippen molar-refractivity contribution in [1.82, 2.24) is 5.32 Å². The molecule has 0 bridgehead atoms. The molecule has 98 valence electrons. The maximum absolute atomic E-state index is 11.6. The van der Waals surface area contributed by atoms with Crippen LogP contribution in [0.4, 0.5) is 16.2 Å². The molecule has 6 heteroatoms. The number of carbonyl (C=O) groups is 2. The molecule has 0 saturated heterocycles. The Kier molecular flexibility index (Phi) is 4.98. The van der Waals surface area contributed by atoms with Crippen molar-refractivity contribution in [3.05, 3.63) is 23.8 Å². The van der Waals surface area contributed by atoms with Crippen LogP contribution in [0, 0.1) is 0 Å². The van der Waals surface area contributed by atoms with Crippen LogP contribution < -0.4 is 16.4 Å². The first-order chi connectivity index (χ1) is 8.58. The lowest BCUT2D eigenvalue weighted by molar-refractivity contribution is 0.0956. The minimum atomic E-state index is -0.553. The van der Waals surface area contributed by atoms with Gasteiger partial charge in [-0.25, -0.2) is 4.79 Å². The summed E-state index contributed by atoms with van der Waals surface area (Å²) in [6.45, 7) is 4.36. The molecule has 0 spiro atoms. The first-order valence-electron chi connectivity index (χ1n) is 5.70. The minimum absolute atomic E-state index is 0.238. The fourth-order valence-corrected chi connectivity index (χ4v) is 1.39. The number of hydrogen-bond donors (Lipinski definition) is 3. The summed E-state index contributed by atoms with van der Waals surface area (Å²) in [5, 5.41) is 5.16. The van der Waals surface area contributed by atoms with Gasteiger partial charge in [0.15, 0.2) is 0 Å². The molecule has 6 nitrogen and oxygen atoms in total. The first kappa shape index (κ1) is 13.8. The molecule has 0 aliphatic rings. The van der Waals surface area contributed by atoms with E-state index in [2.05, 4.69) is 10.6 Å². The molecule has 0 aliphatic carbocycles. The van der Waals surface area contributed by atoms with E-state index in [-0.39, 0.29) is 12.5 Å². The molecule has 0 saturated carbocycles. The van der Waals surface area contributed by atoms with Crippen LogP contribution in [0.25, 0.3) is 0 Å². The zero-order valence-electron chi connectivity index (χ0n) is 10.4. The van der Waals surface area contributed by atoms with Crippen molar-refractivity contribution in [3.8, 4) is 0 Å². The third-order valence-electron chi connectivity index (χ3n) is 2.16. The Morgan fingerprint density at radius 3 is 2.61 bits per heavy atom. The largest absolute Gasteiger partial charge is 0.450 e. The van der Waals surface area contributed by atoms with Crippen LogP contribution in [0.1, 0.15) is 24.2 Å². The SMILES string of the molecule is CCNC(=O)c1ccc(NC(=O)OCC)cc1N. The molecule has 0 fully saturated rings. The molecule has 0 unspecified atom stereocenters. The van der Waals surface area contributed by atoms with Gasteiger partial charge < -0.3 is 15.8 Å². The fourth-order valence-electron chi connectivity index (χ4n) is 1.39. The van der Waals surface area contributed by atoms with Gasteiger partial charge in [-0.05, 0) is 32.0 Å². The molecule has 18 heavy (non-hydrogen) atoms. The van der Waals surface area contributed by atoms with Gasteiger partial charge in [0.2, 0.25) is 0 Å². The van der Waals surface area contributed by atoms with E-state index in [9.17, 15) is 9.59 Å². The molecule has 0 aliphatic heterocycles. The van der Waals surface area contributed by atoms with E-state index < -0.39 is 6.09 Å². The molecular weight excluding hydrogens is 234 g/mol. The summed E-state index contributed by atoms with van der Waals surface area (Å²) >= 11 is 0. The van der Waals surface area contributed by atoms with E-state index >= 15 is 0 Å². The van der Waals surface area contributed by atoms with Gasteiger partial charge in [-0.3, -0.25) is 10.1 Å². The van der Waals surface area contributed by atoms with Crippen molar-refractivity contribution in [2.75, 3.05) is 24.2 Å². The Bertz CT molecular complexity index is 446. The number of nitrogens with two attached hydrogens (primary N) is 1. The predicted molar refractivity (Wildman–Crippen MR) is 69.5 cm³/mol. The Morgan fingerprint density at radius 2 is 2.06 bits per heavy atom. The summed E-state index contributed by atoms with van der Waals surface area (Å²) in [6.07, 6.45) is -0.553. The lowest BCUT2D eigenvalue weighted by Crippen LogP contribution is -2.23.